The topological polar surface area (TPSA) is 96.9 Å². The number of carbonyl (C=O) groups excluding carboxylic acids is 1. The van der Waals surface area contributed by atoms with E-state index >= 15 is 0 Å². The summed E-state index contributed by atoms with van der Waals surface area (Å²) in [6, 6.07) is 0. The number of nitrogens with two attached hydrogens (primary N) is 1. The number of nitrogens with one attached hydrogen (secondary N) is 1. The summed E-state index contributed by atoms with van der Waals surface area (Å²) in [7, 11) is 1.57. The van der Waals surface area contributed by atoms with Gasteiger partial charge in [0.05, 0.1) is 12.0 Å². The number of oxime groups is 1. The summed E-state index contributed by atoms with van der Waals surface area (Å²) in [5.74, 6) is -0.907. The van der Waals surface area contributed by atoms with E-state index in [0.717, 1.165) is 0 Å². The number of nitrogens with zero attached hydrogens (tertiary/aromatic N) is 1. The van der Waals surface area contributed by atoms with Crippen molar-refractivity contribution >= 4 is 11.7 Å². The molecule has 0 spiro atoms. The first-order chi connectivity index (χ1) is 7.06. The van der Waals surface area contributed by atoms with Gasteiger partial charge < -0.3 is 21.0 Å². The van der Waals surface area contributed by atoms with Gasteiger partial charge in [-0.1, -0.05) is 12.1 Å². The van der Waals surface area contributed by atoms with Gasteiger partial charge in [-0.05, 0) is 13.3 Å². The molecule has 4 N–H and O–H groups in total. The van der Waals surface area contributed by atoms with Crippen LogP contribution in [0.3, 0.4) is 0 Å². The molecule has 0 aliphatic heterocycles. The van der Waals surface area contributed by atoms with Crippen LogP contribution in [0.5, 0.6) is 0 Å². The van der Waals surface area contributed by atoms with Gasteiger partial charge in [-0.15, -0.1) is 0 Å². The minimum absolute atomic E-state index is 0.0567. The Balaban J connectivity index is 4.17. The van der Waals surface area contributed by atoms with Gasteiger partial charge in [0, 0.05) is 13.7 Å². The van der Waals surface area contributed by atoms with Gasteiger partial charge in [0.25, 0.3) is 0 Å². The Bertz CT molecular complexity index is 231. The number of hydrogen-bond acceptors (Lipinski definition) is 4. The second-order valence-electron chi connectivity index (χ2n) is 3.28. The van der Waals surface area contributed by atoms with E-state index in [1.807, 2.05) is 6.92 Å². The third kappa shape index (κ3) is 4.64. The molecule has 6 nitrogen and oxygen atoms in total. The van der Waals surface area contributed by atoms with Crippen molar-refractivity contribution in [3.05, 3.63) is 0 Å². The minimum atomic E-state index is -0.584. The van der Waals surface area contributed by atoms with Crippen LogP contribution < -0.4 is 11.1 Å². The molecule has 15 heavy (non-hydrogen) atoms. The third-order valence-corrected chi connectivity index (χ3v) is 2.16. The summed E-state index contributed by atoms with van der Waals surface area (Å²) in [5.41, 5.74) is 5.38. The van der Waals surface area contributed by atoms with Crippen LogP contribution in [0, 0.1) is 5.92 Å². The Labute approximate surface area is 89.5 Å². The highest BCUT2D eigenvalue weighted by Gasteiger charge is 2.21. The van der Waals surface area contributed by atoms with E-state index in [2.05, 4.69) is 10.5 Å². The fraction of sp³-hybridized carbons (Fsp3) is 0.778. The van der Waals surface area contributed by atoms with Gasteiger partial charge in [-0.3, -0.25) is 4.79 Å². The highest BCUT2D eigenvalue weighted by Crippen LogP contribution is 2.02. The Morgan fingerprint density at radius 3 is 2.67 bits per heavy atom. The maximum Gasteiger partial charge on any atom is 0.230 e. The molecule has 0 aromatic rings. The van der Waals surface area contributed by atoms with Crippen LogP contribution in [-0.4, -0.2) is 36.7 Å². The molecule has 0 aromatic heterocycles. The fourth-order valence-electron chi connectivity index (χ4n) is 1.05. The molecule has 0 saturated carbocycles. The Kier molecular flexibility index (Phi) is 6.44. The lowest BCUT2D eigenvalue weighted by Crippen LogP contribution is -2.41. The highest BCUT2D eigenvalue weighted by atomic mass is 16.5. The molecule has 0 aromatic carbocycles. The lowest BCUT2D eigenvalue weighted by atomic mass is 10.0. The summed E-state index contributed by atoms with van der Waals surface area (Å²) in [6.45, 7) is 4.04. The van der Waals surface area contributed by atoms with Crippen molar-refractivity contribution in [1.29, 1.82) is 0 Å². The molecule has 0 aliphatic rings. The average Bonchev–Trinajstić information content (AvgIpc) is 2.26. The largest absolute Gasteiger partial charge is 0.409 e. The van der Waals surface area contributed by atoms with Crippen LogP contribution >= 0.6 is 0 Å². The molecule has 1 amide bonds. The lowest BCUT2D eigenvalue weighted by molar-refractivity contribution is -0.123. The average molecular weight is 217 g/mol. The molecule has 0 rings (SSSR count). The van der Waals surface area contributed by atoms with Gasteiger partial charge in [0.15, 0.2) is 5.84 Å². The molecule has 0 heterocycles. The molecule has 0 fully saturated rings. The molecular weight excluding hydrogens is 198 g/mol. The summed E-state index contributed by atoms with van der Waals surface area (Å²) < 4.78 is 4.98. The van der Waals surface area contributed by atoms with E-state index < -0.39 is 5.92 Å². The molecule has 2 atom stereocenters. The van der Waals surface area contributed by atoms with Gasteiger partial charge in [-0.25, -0.2) is 0 Å². The number of hydrogen-bond donors (Lipinski definition) is 3. The molecular formula is C9H19N3O3. The Morgan fingerprint density at radius 1 is 1.67 bits per heavy atom. The van der Waals surface area contributed by atoms with E-state index in [0.29, 0.717) is 13.0 Å². The highest BCUT2D eigenvalue weighted by molar-refractivity contribution is 6.01. The maximum absolute atomic E-state index is 11.6. The van der Waals surface area contributed by atoms with Crippen molar-refractivity contribution in [2.45, 2.75) is 26.4 Å². The lowest BCUT2D eigenvalue weighted by Gasteiger charge is -2.15. The first-order valence-corrected chi connectivity index (χ1v) is 4.84. The second kappa shape index (κ2) is 7.05. The summed E-state index contributed by atoms with van der Waals surface area (Å²) in [6.07, 6.45) is 0.432. The zero-order chi connectivity index (χ0) is 11.8. The van der Waals surface area contributed by atoms with E-state index in [1.165, 1.54) is 0 Å². The van der Waals surface area contributed by atoms with E-state index in [-0.39, 0.29) is 17.8 Å². The number of rotatable bonds is 6. The monoisotopic (exact) mass is 217 g/mol. The van der Waals surface area contributed by atoms with Crippen LogP contribution in [0.1, 0.15) is 20.3 Å². The molecule has 6 heteroatoms. The molecule has 0 saturated heterocycles. The first-order valence-electron chi connectivity index (χ1n) is 4.84. The number of carbonyl (C=O) groups is 1. The molecule has 0 bridgehead atoms. The van der Waals surface area contributed by atoms with Crippen LogP contribution in [0.4, 0.5) is 0 Å². The number of amidine groups is 1. The third-order valence-electron chi connectivity index (χ3n) is 2.16. The second-order valence-corrected chi connectivity index (χ2v) is 3.28. The van der Waals surface area contributed by atoms with E-state index in [9.17, 15) is 4.79 Å². The summed E-state index contributed by atoms with van der Waals surface area (Å²) in [5, 5.41) is 14.0. The van der Waals surface area contributed by atoms with Crippen molar-refractivity contribution in [2.24, 2.45) is 16.8 Å². The molecule has 0 radical (unpaired) electrons. The van der Waals surface area contributed by atoms with Crippen molar-refractivity contribution in [2.75, 3.05) is 13.7 Å². The maximum atomic E-state index is 11.6. The first kappa shape index (κ1) is 13.7. The Morgan fingerprint density at radius 2 is 2.27 bits per heavy atom. The van der Waals surface area contributed by atoms with E-state index in [1.54, 1.807) is 14.0 Å². The van der Waals surface area contributed by atoms with Crippen LogP contribution in [0.2, 0.25) is 0 Å². The van der Waals surface area contributed by atoms with Crippen LogP contribution in [0.25, 0.3) is 0 Å². The zero-order valence-corrected chi connectivity index (χ0v) is 9.36. The quantitative estimate of drug-likeness (QED) is 0.251. The normalized spacial score (nSPS) is 15.8. The van der Waals surface area contributed by atoms with Gasteiger partial charge >= 0.3 is 0 Å². The van der Waals surface area contributed by atoms with Crippen molar-refractivity contribution < 1.29 is 14.7 Å². The van der Waals surface area contributed by atoms with Crippen LogP contribution in [-0.2, 0) is 9.53 Å². The van der Waals surface area contributed by atoms with Crippen LogP contribution in [0.15, 0.2) is 5.16 Å². The van der Waals surface area contributed by atoms with Crippen molar-refractivity contribution in [1.82, 2.24) is 5.32 Å². The Hall–Kier alpha value is -1.30. The standard InChI is InChI=1S/C9H19N3O3/c1-4-7(8(10)12-14)9(13)11-5-6(2)15-3/h6-7,14H,4-5H2,1-3H3,(H2,10,12)(H,11,13). The summed E-state index contributed by atoms with van der Waals surface area (Å²) in [4.78, 5) is 11.6. The van der Waals surface area contributed by atoms with Gasteiger partial charge in [-0.2, -0.15) is 0 Å². The zero-order valence-electron chi connectivity index (χ0n) is 9.36. The summed E-state index contributed by atoms with van der Waals surface area (Å²) >= 11 is 0. The number of ether oxygens (including phenoxy) is 1. The van der Waals surface area contributed by atoms with Gasteiger partial charge in [0.2, 0.25) is 5.91 Å². The molecule has 88 valence electrons. The van der Waals surface area contributed by atoms with Crippen molar-refractivity contribution in [3.63, 3.8) is 0 Å². The predicted octanol–water partition coefficient (Wildman–Crippen LogP) is -0.0899. The fourth-order valence-corrected chi connectivity index (χ4v) is 1.05. The number of methoxy groups -OCH3 is 1. The molecule has 2 unspecified atom stereocenters. The predicted molar refractivity (Wildman–Crippen MR) is 56.7 cm³/mol. The minimum Gasteiger partial charge on any atom is -0.409 e. The van der Waals surface area contributed by atoms with Gasteiger partial charge in [0.1, 0.15) is 0 Å². The molecule has 0 aliphatic carbocycles. The van der Waals surface area contributed by atoms with E-state index in [4.69, 9.17) is 15.7 Å². The van der Waals surface area contributed by atoms with Crippen molar-refractivity contribution in [3.8, 4) is 0 Å². The SMILES string of the molecule is CCC(C(=O)NCC(C)OC)C(N)=NO. The smallest absolute Gasteiger partial charge is 0.230 e. The number of amides is 1.